The average molecular weight is 158 g/mol. The Morgan fingerprint density at radius 2 is 2.17 bits per heavy atom. The standard InChI is InChI=1S/C12H14/c1-3-10-7-11-6-4-5-9(2)12(11)8-10/h4-7H,3,8H2,1-2H3. The Balaban J connectivity index is 2.45. The SMILES string of the molecule is CCC1=Cc2cccc(C)c2C1. The summed E-state index contributed by atoms with van der Waals surface area (Å²) in [6, 6.07) is 6.56. The summed E-state index contributed by atoms with van der Waals surface area (Å²) < 4.78 is 0. The molecule has 0 spiro atoms. The van der Waals surface area contributed by atoms with Gasteiger partial charge in [0.25, 0.3) is 0 Å². The first kappa shape index (κ1) is 7.60. The summed E-state index contributed by atoms with van der Waals surface area (Å²) in [4.78, 5) is 0. The van der Waals surface area contributed by atoms with E-state index in [2.05, 4.69) is 38.1 Å². The molecule has 0 radical (unpaired) electrons. The van der Waals surface area contributed by atoms with E-state index in [1.165, 1.54) is 29.5 Å². The minimum Gasteiger partial charge on any atom is -0.0655 e. The van der Waals surface area contributed by atoms with Crippen molar-refractivity contribution in [2.24, 2.45) is 0 Å². The van der Waals surface area contributed by atoms with E-state index in [4.69, 9.17) is 0 Å². The van der Waals surface area contributed by atoms with E-state index in [1.54, 1.807) is 5.57 Å². The Morgan fingerprint density at radius 3 is 2.83 bits per heavy atom. The zero-order valence-electron chi connectivity index (χ0n) is 7.72. The normalized spacial score (nSPS) is 14.3. The molecule has 0 atom stereocenters. The molecule has 0 N–H and O–H groups in total. The van der Waals surface area contributed by atoms with Gasteiger partial charge in [-0.15, -0.1) is 0 Å². The third kappa shape index (κ3) is 1.08. The highest BCUT2D eigenvalue weighted by atomic mass is 14.2. The Kier molecular flexibility index (Phi) is 1.76. The molecular weight excluding hydrogens is 144 g/mol. The highest BCUT2D eigenvalue weighted by Crippen LogP contribution is 2.28. The van der Waals surface area contributed by atoms with Crippen LogP contribution < -0.4 is 0 Å². The van der Waals surface area contributed by atoms with Crippen LogP contribution in [0.2, 0.25) is 0 Å². The van der Waals surface area contributed by atoms with Crippen LogP contribution in [0.3, 0.4) is 0 Å². The van der Waals surface area contributed by atoms with Crippen molar-refractivity contribution in [1.82, 2.24) is 0 Å². The lowest BCUT2D eigenvalue weighted by Crippen LogP contribution is -1.87. The van der Waals surface area contributed by atoms with Crippen LogP contribution in [0, 0.1) is 6.92 Å². The minimum absolute atomic E-state index is 1.18. The second-order valence-corrected chi connectivity index (χ2v) is 3.48. The molecule has 1 aromatic carbocycles. The van der Waals surface area contributed by atoms with Gasteiger partial charge in [-0.2, -0.15) is 0 Å². The van der Waals surface area contributed by atoms with Crippen LogP contribution in [0.15, 0.2) is 23.8 Å². The van der Waals surface area contributed by atoms with Gasteiger partial charge in [0.2, 0.25) is 0 Å². The van der Waals surface area contributed by atoms with Crippen LogP contribution in [-0.2, 0) is 6.42 Å². The second kappa shape index (κ2) is 2.78. The average Bonchev–Trinajstić information content (AvgIpc) is 2.49. The van der Waals surface area contributed by atoms with E-state index in [0.717, 1.165) is 0 Å². The predicted molar refractivity (Wildman–Crippen MR) is 53.2 cm³/mol. The van der Waals surface area contributed by atoms with Gasteiger partial charge in [-0.05, 0) is 36.5 Å². The molecule has 1 aliphatic carbocycles. The van der Waals surface area contributed by atoms with Gasteiger partial charge in [0.05, 0.1) is 0 Å². The van der Waals surface area contributed by atoms with Gasteiger partial charge in [0.15, 0.2) is 0 Å². The highest BCUT2D eigenvalue weighted by molar-refractivity contribution is 5.65. The maximum Gasteiger partial charge on any atom is -0.00553 e. The molecule has 0 aliphatic heterocycles. The third-order valence-corrected chi connectivity index (χ3v) is 2.66. The van der Waals surface area contributed by atoms with Gasteiger partial charge < -0.3 is 0 Å². The molecular formula is C12H14. The molecule has 1 aromatic rings. The number of benzene rings is 1. The van der Waals surface area contributed by atoms with E-state index in [9.17, 15) is 0 Å². The zero-order valence-corrected chi connectivity index (χ0v) is 7.72. The summed E-state index contributed by atoms with van der Waals surface area (Å²) in [6.45, 7) is 4.43. The molecule has 0 saturated heterocycles. The largest absolute Gasteiger partial charge is 0.0655 e. The maximum absolute atomic E-state index is 2.34. The van der Waals surface area contributed by atoms with Crippen molar-refractivity contribution in [2.75, 3.05) is 0 Å². The fraction of sp³-hybridized carbons (Fsp3) is 0.333. The minimum atomic E-state index is 1.18. The molecule has 0 unspecified atom stereocenters. The highest BCUT2D eigenvalue weighted by Gasteiger charge is 2.11. The van der Waals surface area contributed by atoms with E-state index < -0.39 is 0 Å². The van der Waals surface area contributed by atoms with Crippen molar-refractivity contribution in [1.29, 1.82) is 0 Å². The molecule has 0 heteroatoms. The van der Waals surface area contributed by atoms with Crippen molar-refractivity contribution in [3.05, 3.63) is 40.5 Å². The van der Waals surface area contributed by atoms with Gasteiger partial charge in [-0.3, -0.25) is 0 Å². The van der Waals surface area contributed by atoms with Gasteiger partial charge in [-0.1, -0.05) is 36.8 Å². The molecule has 0 heterocycles. The van der Waals surface area contributed by atoms with Crippen molar-refractivity contribution < 1.29 is 0 Å². The Labute approximate surface area is 73.9 Å². The summed E-state index contributed by atoms with van der Waals surface area (Å²) in [5.74, 6) is 0. The van der Waals surface area contributed by atoms with E-state index in [-0.39, 0.29) is 0 Å². The maximum atomic E-state index is 2.34. The number of allylic oxidation sites excluding steroid dienone is 1. The Bertz CT molecular complexity index is 332. The van der Waals surface area contributed by atoms with Gasteiger partial charge >= 0.3 is 0 Å². The number of fused-ring (bicyclic) bond motifs is 1. The van der Waals surface area contributed by atoms with Crippen molar-refractivity contribution in [3.63, 3.8) is 0 Å². The summed E-state index contributed by atoms with van der Waals surface area (Å²) in [5, 5.41) is 0. The molecule has 62 valence electrons. The smallest absolute Gasteiger partial charge is 0.00553 e. The Hall–Kier alpha value is -1.04. The molecule has 0 amide bonds. The lowest BCUT2D eigenvalue weighted by atomic mass is 10.0. The van der Waals surface area contributed by atoms with Crippen LogP contribution >= 0.6 is 0 Å². The Morgan fingerprint density at radius 1 is 1.33 bits per heavy atom. The van der Waals surface area contributed by atoms with Crippen molar-refractivity contribution in [3.8, 4) is 0 Å². The molecule has 2 rings (SSSR count). The van der Waals surface area contributed by atoms with Gasteiger partial charge in [0, 0.05) is 0 Å². The first-order valence-corrected chi connectivity index (χ1v) is 4.59. The topological polar surface area (TPSA) is 0 Å². The number of aryl methyl sites for hydroxylation is 1. The molecule has 0 fully saturated rings. The van der Waals surface area contributed by atoms with Crippen LogP contribution in [0.25, 0.3) is 6.08 Å². The summed E-state index contributed by atoms with van der Waals surface area (Å²) in [5.41, 5.74) is 5.98. The first-order valence-electron chi connectivity index (χ1n) is 4.59. The molecule has 0 bridgehead atoms. The van der Waals surface area contributed by atoms with Gasteiger partial charge in [0.1, 0.15) is 0 Å². The zero-order chi connectivity index (χ0) is 8.55. The predicted octanol–water partition coefficient (Wildman–Crippen LogP) is 3.34. The van der Waals surface area contributed by atoms with E-state index in [0.29, 0.717) is 0 Å². The summed E-state index contributed by atoms with van der Waals surface area (Å²) in [6.07, 6.45) is 4.70. The molecule has 12 heavy (non-hydrogen) atoms. The van der Waals surface area contributed by atoms with Gasteiger partial charge in [-0.25, -0.2) is 0 Å². The van der Waals surface area contributed by atoms with Crippen molar-refractivity contribution in [2.45, 2.75) is 26.7 Å². The van der Waals surface area contributed by atoms with E-state index >= 15 is 0 Å². The first-order chi connectivity index (χ1) is 5.81. The molecule has 1 aliphatic rings. The van der Waals surface area contributed by atoms with Crippen LogP contribution in [0.1, 0.15) is 30.0 Å². The lowest BCUT2D eigenvalue weighted by Gasteiger charge is -2.02. The number of hydrogen-bond acceptors (Lipinski definition) is 0. The monoisotopic (exact) mass is 158 g/mol. The second-order valence-electron chi connectivity index (χ2n) is 3.48. The quantitative estimate of drug-likeness (QED) is 0.588. The summed E-state index contributed by atoms with van der Waals surface area (Å²) in [7, 11) is 0. The molecule has 0 saturated carbocycles. The van der Waals surface area contributed by atoms with E-state index in [1.807, 2.05) is 0 Å². The fourth-order valence-electron chi connectivity index (χ4n) is 1.83. The summed E-state index contributed by atoms with van der Waals surface area (Å²) >= 11 is 0. The lowest BCUT2D eigenvalue weighted by molar-refractivity contribution is 1.03. The molecule has 0 nitrogen and oxygen atoms in total. The van der Waals surface area contributed by atoms with Crippen LogP contribution in [0.5, 0.6) is 0 Å². The number of hydrogen-bond donors (Lipinski definition) is 0. The fourth-order valence-corrected chi connectivity index (χ4v) is 1.83. The number of rotatable bonds is 1. The van der Waals surface area contributed by atoms with Crippen molar-refractivity contribution >= 4 is 6.08 Å². The third-order valence-electron chi connectivity index (χ3n) is 2.66. The van der Waals surface area contributed by atoms with Crippen LogP contribution in [-0.4, -0.2) is 0 Å². The van der Waals surface area contributed by atoms with Crippen LogP contribution in [0.4, 0.5) is 0 Å². The molecule has 0 aromatic heterocycles.